The average molecular weight is 502 g/mol. The van der Waals surface area contributed by atoms with Crippen LogP contribution in [0.1, 0.15) is 16.1 Å². The molecule has 0 saturated heterocycles. The molecular formula is C23H17Cl2N3O4S. The quantitative estimate of drug-likeness (QED) is 0.310. The Balaban J connectivity index is 1.51. The molecule has 7 nitrogen and oxygen atoms in total. The number of aromatic nitrogens is 1. The standard InChI is InChI=1S/C23H17Cl2N3O4S/c1-13-4-6-14(7-5-13)20-22(28-21(30)18-3-2-10-31-18)33-23(27-20)26-19(29)12-32-17-9-8-15(24)11-16(17)25/h2-11H,12H2,1H3,(H,28,30)(H,26,27,29). The number of halogens is 2. The van der Waals surface area contributed by atoms with E-state index in [4.69, 9.17) is 32.4 Å². The normalized spacial score (nSPS) is 10.6. The van der Waals surface area contributed by atoms with Crippen molar-refractivity contribution in [3.05, 3.63) is 82.2 Å². The average Bonchev–Trinajstić information content (AvgIpc) is 3.44. The topological polar surface area (TPSA) is 93.5 Å². The zero-order valence-corrected chi connectivity index (χ0v) is 19.6. The highest BCUT2D eigenvalue weighted by atomic mass is 35.5. The molecule has 0 aliphatic carbocycles. The molecule has 0 atom stereocenters. The minimum atomic E-state index is -0.436. The molecular weight excluding hydrogens is 485 g/mol. The molecule has 0 unspecified atom stereocenters. The van der Waals surface area contributed by atoms with Crippen LogP contribution in [0.15, 0.2) is 65.3 Å². The van der Waals surface area contributed by atoms with E-state index in [0.29, 0.717) is 31.6 Å². The Morgan fingerprint density at radius 1 is 1.09 bits per heavy atom. The number of furan rings is 1. The predicted octanol–water partition coefficient (Wildman–Crippen LogP) is 6.29. The van der Waals surface area contributed by atoms with Crippen molar-refractivity contribution in [2.45, 2.75) is 6.92 Å². The number of ether oxygens (including phenoxy) is 1. The summed E-state index contributed by atoms with van der Waals surface area (Å²) >= 11 is 13.1. The van der Waals surface area contributed by atoms with E-state index in [-0.39, 0.29) is 12.4 Å². The molecule has 0 aliphatic rings. The summed E-state index contributed by atoms with van der Waals surface area (Å²) in [4.78, 5) is 29.4. The van der Waals surface area contributed by atoms with Crippen molar-refractivity contribution in [1.29, 1.82) is 0 Å². The molecule has 168 valence electrons. The maximum absolute atomic E-state index is 12.5. The van der Waals surface area contributed by atoms with Crippen molar-refractivity contribution in [3.8, 4) is 17.0 Å². The lowest BCUT2D eigenvalue weighted by atomic mass is 10.1. The molecule has 2 N–H and O–H groups in total. The molecule has 0 bridgehead atoms. The third-order valence-corrected chi connectivity index (χ3v) is 5.84. The van der Waals surface area contributed by atoms with Crippen LogP contribution in [0.2, 0.25) is 10.0 Å². The van der Waals surface area contributed by atoms with E-state index < -0.39 is 11.8 Å². The van der Waals surface area contributed by atoms with Gasteiger partial charge in [0.05, 0.1) is 11.3 Å². The molecule has 0 radical (unpaired) electrons. The molecule has 0 saturated carbocycles. The highest BCUT2D eigenvalue weighted by molar-refractivity contribution is 7.20. The molecule has 2 aromatic carbocycles. The van der Waals surface area contributed by atoms with Crippen molar-refractivity contribution >= 4 is 56.5 Å². The zero-order chi connectivity index (χ0) is 23.4. The van der Waals surface area contributed by atoms with Gasteiger partial charge in [-0.1, -0.05) is 64.4 Å². The molecule has 2 heterocycles. The lowest BCUT2D eigenvalue weighted by Gasteiger charge is -2.07. The molecule has 2 amide bonds. The van der Waals surface area contributed by atoms with Crippen LogP contribution < -0.4 is 15.4 Å². The smallest absolute Gasteiger partial charge is 0.292 e. The third-order valence-electron chi connectivity index (χ3n) is 4.42. The number of carbonyl (C=O) groups excluding carboxylic acids is 2. The molecule has 10 heteroatoms. The van der Waals surface area contributed by atoms with E-state index in [9.17, 15) is 9.59 Å². The number of anilines is 2. The second-order valence-electron chi connectivity index (χ2n) is 6.91. The number of nitrogens with one attached hydrogen (secondary N) is 2. The number of rotatable bonds is 7. The zero-order valence-electron chi connectivity index (χ0n) is 17.2. The maximum atomic E-state index is 12.5. The van der Waals surface area contributed by atoms with Crippen LogP contribution in [0.25, 0.3) is 11.3 Å². The summed E-state index contributed by atoms with van der Waals surface area (Å²) in [6, 6.07) is 15.6. The van der Waals surface area contributed by atoms with Gasteiger partial charge in [0, 0.05) is 10.6 Å². The van der Waals surface area contributed by atoms with Gasteiger partial charge < -0.3 is 14.5 Å². The minimum absolute atomic E-state index is 0.164. The van der Waals surface area contributed by atoms with Crippen molar-refractivity contribution in [1.82, 2.24) is 4.98 Å². The van der Waals surface area contributed by atoms with Crippen molar-refractivity contribution in [3.63, 3.8) is 0 Å². The molecule has 4 rings (SSSR count). The number of nitrogens with zero attached hydrogens (tertiary/aromatic N) is 1. The first-order chi connectivity index (χ1) is 15.9. The first kappa shape index (κ1) is 22.8. The fraction of sp³-hybridized carbons (Fsp3) is 0.0870. The van der Waals surface area contributed by atoms with E-state index in [1.807, 2.05) is 31.2 Å². The van der Waals surface area contributed by atoms with Crippen LogP contribution in [0.3, 0.4) is 0 Å². The van der Waals surface area contributed by atoms with Crippen LogP contribution in [-0.4, -0.2) is 23.4 Å². The number of benzene rings is 2. The molecule has 0 fully saturated rings. The van der Waals surface area contributed by atoms with Gasteiger partial charge in [-0.2, -0.15) is 0 Å². The van der Waals surface area contributed by atoms with Crippen LogP contribution in [-0.2, 0) is 4.79 Å². The highest BCUT2D eigenvalue weighted by Crippen LogP contribution is 2.36. The molecule has 33 heavy (non-hydrogen) atoms. The number of aryl methyl sites for hydroxylation is 1. The first-order valence-corrected chi connectivity index (χ1v) is 11.3. The van der Waals surface area contributed by atoms with Gasteiger partial charge in [-0.15, -0.1) is 0 Å². The monoisotopic (exact) mass is 501 g/mol. The highest BCUT2D eigenvalue weighted by Gasteiger charge is 2.19. The molecule has 2 aromatic heterocycles. The van der Waals surface area contributed by atoms with Gasteiger partial charge in [0.2, 0.25) is 0 Å². The van der Waals surface area contributed by atoms with Gasteiger partial charge >= 0.3 is 0 Å². The minimum Gasteiger partial charge on any atom is -0.482 e. The second kappa shape index (κ2) is 10.1. The Hall–Kier alpha value is -3.33. The second-order valence-corrected chi connectivity index (χ2v) is 8.75. The van der Waals surface area contributed by atoms with Crippen LogP contribution in [0.5, 0.6) is 5.75 Å². The fourth-order valence-electron chi connectivity index (χ4n) is 2.83. The van der Waals surface area contributed by atoms with Gasteiger partial charge in [-0.25, -0.2) is 4.98 Å². The summed E-state index contributed by atoms with van der Waals surface area (Å²) in [5, 5.41) is 7.03. The number of hydrogen-bond acceptors (Lipinski definition) is 6. The van der Waals surface area contributed by atoms with E-state index >= 15 is 0 Å². The molecule has 4 aromatic rings. The summed E-state index contributed by atoms with van der Waals surface area (Å²) in [6.07, 6.45) is 1.42. The summed E-state index contributed by atoms with van der Waals surface area (Å²) in [7, 11) is 0. The van der Waals surface area contributed by atoms with E-state index in [1.165, 1.54) is 12.3 Å². The fourth-order valence-corrected chi connectivity index (χ4v) is 4.19. The van der Waals surface area contributed by atoms with E-state index in [2.05, 4.69) is 15.6 Å². The van der Waals surface area contributed by atoms with Crippen LogP contribution in [0, 0.1) is 6.92 Å². The largest absolute Gasteiger partial charge is 0.482 e. The summed E-state index contributed by atoms with van der Waals surface area (Å²) in [6.45, 7) is 1.69. The summed E-state index contributed by atoms with van der Waals surface area (Å²) < 4.78 is 10.6. The third kappa shape index (κ3) is 5.73. The number of thiazole rings is 1. The van der Waals surface area contributed by atoms with Crippen LogP contribution >= 0.6 is 34.5 Å². The van der Waals surface area contributed by atoms with Crippen LogP contribution in [0.4, 0.5) is 10.1 Å². The van der Waals surface area contributed by atoms with Crippen molar-refractivity contribution < 1.29 is 18.7 Å². The summed E-state index contributed by atoms with van der Waals surface area (Å²) in [5.41, 5.74) is 2.40. The van der Waals surface area contributed by atoms with Crippen molar-refractivity contribution in [2.75, 3.05) is 17.2 Å². The van der Waals surface area contributed by atoms with Gasteiger partial charge in [-0.05, 0) is 37.3 Å². The van der Waals surface area contributed by atoms with Crippen molar-refractivity contribution in [2.24, 2.45) is 0 Å². The Kier molecular flexibility index (Phi) is 6.98. The SMILES string of the molecule is Cc1ccc(-c2nc(NC(=O)COc3ccc(Cl)cc3Cl)sc2NC(=O)c2ccco2)cc1. The molecule has 0 spiro atoms. The number of hydrogen-bond donors (Lipinski definition) is 2. The van der Waals surface area contributed by atoms with Gasteiger partial charge in [-0.3, -0.25) is 14.9 Å². The summed E-state index contributed by atoms with van der Waals surface area (Å²) in [5.74, 6) is -0.357. The Morgan fingerprint density at radius 3 is 2.58 bits per heavy atom. The number of amides is 2. The Bertz CT molecular complexity index is 1290. The Morgan fingerprint density at radius 2 is 1.88 bits per heavy atom. The van der Waals surface area contributed by atoms with E-state index in [0.717, 1.165) is 22.5 Å². The van der Waals surface area contributed by atoms with E-state index in [1.54, 1.807) is 24.3 Å². The lowest BCUT2D eigenvalue weighted by molar-refractivity contribution is -0.118. The van der Waals surface area contributed by atoms with Gasteiger partial charge in [0.15, 0.2) is 17.5 Å². The van der Waals surface area contributed by atoms with Gasteiger partial charge in [0.1, 0.15) is 16.4 Å². The first-order valence-electron chi connectivity index (χ1n) is 9.69. The lowest BCUT2D eigenvalue weighted by Crippen LogP contribution is -2.20. The Labute approximate surface area is 203 Å². The predicted molar refractivity (Wildman–Crippen MR) is 130 cm³/mol. The molecule has 0 aliphatic heterocycles. The maximum Gasteiger partial charge on any atom is 0.292 e. The van der Waals surface area contributed by atoms with Gasteiger partial charge in [0.25, 0.3) is 11.8 Å². The number of carbonyl (C=O) groups is 2.